The smallest absolute Gasteiger partial charge is 0.165 e. The first-order chi connectivity index (χ1) is 15.9. The van der Waals surface area contributed by atoms with E-state index in [1.165, 1.54) is 29.4 Å². The maximum absolute atomic E-state index is 8.05. The van der Waals surface area contributed by atoms with Crippen LogP contribution in [0.3, 0.4) is 0 Å². The molecule has 1 aromatic carbocycles. The van der Waals surface area contributed by atoms with Crippen molar-refractivity contribution in [2.24, 2.45) is 16.4 Å². The minimum Gasteiger partial charge on any atom is -0.412 e. The van der Waals surface area contributed by atoms with Gasteiger partial charge in [0, 0.05) is 27.5 Å². The lowest BCUT2D eigenvalue weighted by atomic mass is 9.81. The van der Waals surface area contributed by atoms with Crippen molar-refractivity contribution in [2.75, 3.05) is 30.9 Å². The Morgan fingerprint density at radius 2 is 1.89 bits per heavy atom. The van der Waals surface area contributed by atoms with Crippen molar-refractivity contribution in [2.45, 2.75) is 26.4 Å². The molecule has 1 fully saturated rings. The quantitative estimate of drug-likeness (QED) is 0.191. The number of hydrogen-bond donors (Lipinski definition) is 4. The van der Waals surface area contributed by atoms with Gasteiger partial charge in [0.15, 0.2) is 18.2 Å². The Hall–Kier alpha value is -2.92. The summed E-state index contributed by atoms with van der Waals surface area (Å²) in [4.78, 5) is 9.73. The first-order valence-corrected chi connectivity index (χ1v) is 12.2. The predicted octanol–water partition coefficient (Wildman–Crippen LogP) is 4.07. The van der Waals surface area contributed by atoms with E-state index in [4.69, 9.17) is 16.1 Å². The summed E-state index contributed by atoms with van der Waals surface area (Å²) >= 11 is 2.10. The maximum atomic E-state index is 8.05. The molecule has 10 heteroatoms. The van der Waals surface area contributed by atoms with Gasteiger partial charge in [0.2, 0.25) is 0 Å². The second-order valence-electron chi connectivity index (χ2n) is 8.26. The molecule has 9 N–H and O–H groups in total. The Bertz CT molecular complexity index is 997. The minimum absolute atomic E-state index is 0. The molecular weight excluding hydrogens is 462 g/mol. The van der Waals surface area contributed by atoms with Crippen LogP contribution < -0.4 is 17.3 Å². The van der Waals surface area contributed by atoms with Crippen molar-refractivity contribution in [3.05, 3.63) is 77.9 Å². The molecule has 1 radical (unpaired) electrons. The Kier molecular flexibility index (Phi) is 12.5. The Labute approximate surface area is 214 Å². The molecule has 2 heterocycles. The van der Waals surface area contributed by atoms with E-state index in [2.05, 4.69) is 46.6 Å². The van der Waals surface area contributed by atoms with Gasteiger partial charge in [-0.25, -0.2) is 10.8 Å². The summed E-state index contributed by atoms with van der Waals surface area (Å²) in [5.41, 5.74) is 4.05. The highest BCUT2D eigenvalue weighted by Crippen LogP contribution is 2.46. The summed E-state index contributed by atoms with van der Waals surface area (Å²) in [5.74, 6) is 9.19. The zero-order valence-corrected chi connectivity index (χ0v) is 21.6. The standard InChI is InChI=1S/C16H20N6O.C9H13S.H3N.H2O.H2/c1-19-14-10-6-9-13(20-14)11-23-21-15(16(17)22(2)18)12-7-4-3-5-8-12;1-9(8-2-3-8)4-6-10-7-5-9;;;/h3-10,17H,11,18H2,1-2H3,(H,19,20);2-3H,4-7H2,1H3;1H3;1H2;1H/b17-16?,21-15-;;;;. The number of nitrogens with two attached hydrogens (primary N) is 1. The molecule has 193 valence electrons. The second kappa shape index (κ2) is 14.5. The van der Waals surface area contributed by atoms with Gasteiger partial charge in [-0.15, -0.1) is 0 Å². The number of allylic oxidation sites excluding steroid dienone is 2. The van der Waals surface area contributed by atoms with Gasteiger partial charge in [0.25, 0.3) is 0 Å². The fourth-order valence-electron chi connectivity index (χ4n) is 3.41. The van der Waals surface area contributed by atoms with Crippen LogP contribution in [-0.4, -0.2) is 52.6 Å². The summed E-state index contributed by atoms with van der Waals surface area (Å²) in [6.45, 7) is 2.61. The fraction of sp³-hybridized carbons (Fsp3) is 0.360. The first-order valence-electron chi connectivity index (χ1n) is 11.0. The zero-order chi connectivity index (χ0) is 23.7. The van der Waals surface area contributed by atoms with Gasteiger partial charge in [0.1, 0.15) is 5.82 Å². The Morgan fingerprint density at radius 1 is 1.23 bits per heavy atom. The molecule has 35 heavy (non-hydrogen) atoms. The van der Waals surface area contributed by atoms with Crippen LogP contribution in [-0.2, 0) is 11.4 Å². The Morgan fingerprint density at radius 3 is 2.46 bits per heavy atom. The third-order valence-corrected chi connectivity index (χ3v) is 6.67. The third-order valence-electron chi connectivity index (χ3n) is 5.68. The van der Waals surface area contributed by atoms with Crippen molar-refractivity contribution in [1.29, 1.82) is 5.41 Å². The van der Waals surface area contributed by atoms with E-state index >= 15 is 0 Å². The lowest BCUT2D eigenvalue weighted by Gasteiger charge is -2.31. The van der Waals surface area contributed by atoms with Crippen LogP contribution in [0.1, 0.15) is 32.4 Å². The van der Waals surface area contributed by atoms with Gasteiger partial charge in [-0.3, -0.25) is 10.4 Å². The molecule has 0 saturated carbocycles. The number of benzene rings is 1. The normalized spacial score (nSPS) is 15.7. The number of anilines is 1. The van der Waals surface area contributed by atoms with Crippen molar-refractivity contribution < 1.29 is 11.7 Å². The maximum Gasteiger partial charge on any atom is 0.165 e. The Balaban J connectivity index is 0.000000794. The molecule has 0 unspecified atom stereocenters. The van der Waals surface area contributed by atoms with Crippen molar-refractivity contribution in [1.82, 2.24) is 16.1 Å². The van der Waals surface area contributed by atoms with E-state index in [1.807, 2.05) is 48.5 Å². The van der Waals surface area contributed by atoms with Crippen LogP contribution in [0.5, 0.6) is 0 Å². The van der Waals surface area contributed by atoms with Gasteiger partial charge < -0.3 is 21.8 Å². The van der Waals surface area contributed by atoms with Crippen LogP contribution in [0.2, 0.25) is 0 Å². The van der Waals surface area contributed by atoms with E-state index in [-0.39, 0.29) is 25.5 Å². The lowest BCUT2D eigenvalue weighted by Crippen LogP contribution is -2.38. The van der Waals surface area contributed by atoms with E-state index in [0.29, 0.717) is 11.1 Å². The zero-order valence-electron chi connectivity index (χ0n) is 20.8. The number of rotatable bonds is 7. The van der Waals surface area contributed by atoms with Gasteiger partial charge >= 0.3 is 0 Å². The number of pyridine rings is 1. The third kappa shape index (κ3) is 8.99. The molecule has 4 rings (SSSR count). The molecule has 2 aliphatic rings. The highest BCUT2D eigenvalue weighted by molar-refractivity contribution is 7.99. The summed E-state index contributed by atoms with van der Waals surface area (Å²) < 4.78 is 0. The summed E-state index contributed by atoms with van der Waals surface area (Å²) in [6, 6.07) is 14.9. The van der Waals surface area contributed by atoms with E-state index in [1.54, 1.807) is 19.7 Å². The second-order valence-corrected chi connectivity index (χ2v) is 9.49. The molecule has 1 aliphatic heterocycles. The van der Waals surface area contributed by atoms with Gasteiger partial charge in [0.05, 0.1) is 5.69 Å². The number of likely N-dealkylation sites (N-methyl/N-ethyl adjacent to an activating group) is 1. The van der Waals surface area contributed by atoms with Gasteiger partial charge in [-0.1, -0.05) is 60.1 Å². The predicted molar refractivity (Wildman–Crippen MR) is 149 cm³/mol. The molecule has 1 aliphatic carbocycles. The lowest BCUT2D eigenvalue weighted by molar-refractivity contribution is 0.128. The average molecular weight is 503 g/mol. The molecule has 0 atom stereocenters. The van der Waals surface area contributed by atoms with Crippen molar-refractivity contribution in [3.8, 4) is 0 Å². The number of amidine groups is 1. The molecular formula is C25H40N7O2S. The first kappa shape index (κ1) is 30.1. The van der Waals surface area contributed by atoms with E-state index < -0.39 is 0 Å². The number of oxime groups is 1. The fourth-order valence-corrected chi connectivity index (χ4v) is 4.81. The minimum atomic E-state index is 0. The number of hydrazine groups is 1. The highest BCUT2D eigenvalue weighted by Gasteiger charge is 2.34. The molecule has 0 bridgehead atoms. The van der Waals surface area contributed by atoms with Crippen LogP contribution in [0.15, 0.2) is 65.3 Å². The molecule has 0 spiro atoms. The van der Waals surface area contributed by atoms with Crippen LogP contribution in [0, 0.1) is 17.2 Å². The van der Waals surface area contributed by atoms with E-state index in [9.17, 15) is 0 Å². The number of thioether (sulfide) groups is 1. The SMILES string of the molecule is CC1(C2=C[CH]2)CCSCC1.CNc1cccc(CO/N=C(\C(=N)N(C)N)c2ccccc2)n1.N.O.[HH]. The monoisotopic (exact) mass is 502 g/mol. The molecule has 1 aromatic heterocycles. The molecule has 0 amide bonds. The summed E-state index contributed by atoms with van der Waals surface area (Å²) in [5, 5.41) is 16.3. The van der Waals surface area contributed by atoms with Crippen molar-refractivity contribution >= 4 is 29.1 Å². The van der Waals surface area contributed by atoms with Crippen LogP contribution >= 0.6 is 11.8 Å². The van der Waals surface area contributed by atoms with Crippen LogP contribution in [0.25, 0.3) is 0 Å². The largest absolute Gasteiger partial charge is 0.412 e. The number of hydrogen-bond acceptors (Lipinski definition) is 8. The number of nitrogens with zero attached hydrogens (tertiary/aromatic N) is 3. The average Bonchev–Trinajstić information content (AvgIpc) is 3.69. The summed E-state index contributed by atoms with van der Waals surface area (Å²) in [6.07, 6.45) is 7.33. The highest BCUT2D eigenvalue weighted by atomic mass is 32.2. The molecule has 1 saturated heterocycles. The topological polar surface area (TPSA) is 166 Å². The van der Waals surface area contributed by atoms with Crippen molar-refractivity contribution in [3.63, 3.8) is 0 Å². The number of nitrogens with one attached hydrogen (secondary N) is 2. The molecule has 9 nitrogen and oxygen atoms in total. The van der Waals surface area contributed by atoms with Gasteiger partial charge in [-0.2, -0.15) is 11.8 Å². The van der Waals surface area contributed by atoms with E-state index in [0.717, 1.165) is 17.1 Å². The summed E-state index contributed by atoms with van der Waals surface area (Å²) in [7, 11) is 3.38. The number of aromatic nitrogens is 1. The van der Waals surface area contributed by atoms with Crippen LogP contribution in [0.4, 0.5) is 5.82 Å². The molecule has 2 aromatic rings. The van der Waals surface area contributed by atoms with Gasteiger partial charge in [-0.05, 0) is 41.9 Å².